The van der Waals surface area contributed by atoms with Gasteiger partial charge in [0.05, 0.1) is 12.8 Å². The first-order valence-corrected chi connectivity index (χ1v) is 10.1. The summed E-state index contributed by atoms with van der Waals surface area (Å²) in [6.45, 7) is 0.462. The van der Waals surface area contributed by atoms with E-state index in [0.29, 0.717) is 17.9 Å². The number of ether oxygens (including phenoxy) is 1. The van der Waals surface area contributed by atoms with E-state index >= 15 is 0 Å². The minimum absolute atomic E-state index is 0.125. The molecule has 1 N–H and O–H groups in total. The van der Waals surface area contributed by atoms with Crippen LogP contribution in [0.3, 0.4) is 0 Å². The molecule has 1 amide bonds. The van der Waals surface area contributed by atoms with Gasteiger partial charge < -0.3 is 10.1 Å². The van der Waals surface area contributed by atoms with Gasteiger partial charge in [-0.3, -0.25) is 4.79 Å². The monoisotopic (exact) mass is 400 g/mol. The van der Waals surface area contributed by atoms with E-state index in [-0.39, 0.29) is 5.91 Å². The molecule has 0 unspecified atom stereocenters. The van der Waals surface area contributed by atoms with Crippen LogP contribution in [-0.2, 0) is 6.54 Å². The first-order chi connectivity index (χ1) is 14.2. The number of methoxy groups -OCH3 is 1. The van der Waals surface area contributed by atoms with Crippen LogP contribution in [0.15, 0.2) is 84.2 Å². The fourth-order valence-corrected chi connectivity index (χ4v) is 3.80. The van der Waals surface area contributed by atoms with E-state index in [4.69, 9.17) is 9.72 Å². The molecule has 4 rings (SSSR count). The highest BCUT2D eigenvalue weighted by Gasteiger charge is 2.08. The van der Waals surface area contributed by atoms with Crippen LogP contribution in [0.1, 0.15) is 15.9 Å². The Morgan fingerprint density at radius 2 is 1.76 bits per heavy atom. The topological polar surface area (TPSA) is 51.2 Å². The van der Waals surface area contributed by atoms with Crippen molar-refractivity contribution in [1.82, 2.24) is 10.3 Å². The Labute approximate surface area is 173 Å². The first kappa shape index (κ1) is 18.9. The molecule has 0 saturated heterocycles. The van der Waals surface area contributed by atoms with E-state index in [1.165, 1.54) is 0 Å². The van der Waals surface area contributed by atoms with Gasteiger partial charge in [-0.05, 0) is 23.8 Å². The summed E-state index contributed by atoms with van der Waals surface area (Å²) in [7, 11) is 1.59. The number of amides is 1. The molecule has 0 aliphatic heterocycles. The molecule has 1 heterocycles. The summed E-state index contributed by atoms with van der Waals surface area (Å²) in [5.74, 6) is 0.542. The molecule has 0 atom stereocenters. The summed E-state index contributed by atoms with van der Waals surface area (Å²) in [5.41, 5.74) is 4.79. The number of aromatic nitrogens is 1. The van der Waals surface area contributed by atoms with E-state index in [0.717, 1.165) is 27.4 Å². The molecule has 1 aromatic heterocycles. The third kappa shape index (κ3) is 4.52. The molecule has 0 radical (unpaired) electrons. The van der Waals surface area contributed by atoms with Crippen LogP contribution in [0, 0.1) is 0 Å². The highest BCUT2D eigenvalue weighted by Crippen LogP contribution is 2.28. The van der Waals surface area contributed by atoms with Gasteiger partial charge in [-0.25, -0.2) is 4.98 Å². The number of rotatable bonds is 6. The highest BCUT2D eigenvalue weighted by molar-refractivity contribution is 7.13. The average Bonchev–Trinajstić information content (AvgIpc) is 3.29. The second-order valence-corrected chi connectivity index (χ2v) is 7.37. The molecule has 144 valence electrons. The second kappa shape index (κ2) is 8.71. The Balaban J connectivity index is 1.40. The van der Waals surface area contributed by atoms with E-state index in [1.807, 2.05) is 48.5 Å². The number of nitrogens with one attached hydrogen (secondary N) is 1. The molecule has 0 spiro atoms. The maximum atomic E-state index is 12.3. The lowest BCUT2D eigenvalue weighted by Gasteiger charge is -2.07. The van der Waals surface area contributed by atoms with Crippen LogP contribution < -0.4 is 10.1 Å². The lowest BCUT2D eigenvalue weighted by molar-refractivity contribution is 0.0950. The van der Waals surface area contributed by atoms with Gasteiger partial charge in [-0.1, -0.05) is 60.7 Å². The van der Waals surface area contributed by atoms with Gasteiger partial charge in [0, 0.05) is 28.6 Å². The molecule has 0 bridgehead atoms. The molecule has 5 heteroatoms. The van der Waals surface area contributed by atoms with Crippen molar-refractivity contribution in [2.24, 2.45) is 0 Å². The molecule has 0 saturated carbocycles. The third-order valence-corrected chi connectivity index (χ3v) is 5.45. The summed E-state index contributed by atoms with van der Waals surface area (Å²) in [5, 5.41) is 6.00. The Morgan fingerprint density at radius 1 is 0.966 bits per heavy atom. The van der Waals surface area contributed by atoms with Crippen LogP contribution >= 0.6 is 11.3 Å². The number of hydrogen-bond acceptors (Lipinski definition) is 4. The van der Waals surface area contributed by atoms with Crippen molar-refractivity contribution in [3.63, 3.8) is 0 Å². The van der Waals surface area contributed by atoms with Crippen LogP contribution in [0.5, 0.6) is 5.75 Å². The number of carbonyl (C=O) groups excluding carboxylic acids is 1. The zero-order chi connectivity index (χ0) is 20.1. The van der Waals surface area contributed by atoms with Gasteiger partial charge in [-0.15, -0.1) is 11.3 Å². The number of benzene rings is 3. The molecule has 4 aromatic rings. The van der Waals surface area contributed by atoms with Gasteiger partial charge in [0.1, 0.15) is 10.8 Å². The van der Waals surface area contributed by atoms with Crippen LogP contribution in [-0.4, -0.2) is 18.0 Å². The lowest BCUT2D eigenvalue weighted by atomic mass is 10.1. The summed E-state index contributed by atoms with van der Waals surface area (Å²) >= 11 is 1.63. The second-order valence-electron chi connectivity index (χ2n) is 6.52. The van der Waals surface area contributed by atoms with E-state index in [9.17, 15) is 4.79 Å². The van der Waals surface area contributed by atoms with Crippen molar-refractivity contribution >= 4 is 17.2 Å². The first-order valence-electron chi connectivity index (χ1n) is 9.25. The number of thiazole rings is 1. The van der Waals surface area contributed by atoms with E-state index in [2.05, 4.69) is 22.8 Å². The van der Waals surface area contributed by atoms with Crippen molar-refractivity contribution in [3.8, 4) is 27.6 Å². The lowest BCUT2D eigenvalue weighted by Crippen LogP contribution is -2.22. The number of hydrogen-bond donors (Lipinski definition) is 1. The maximum absolute atomic E-state index is 12.3. The minimum Gasteiger partial charge on any atom is -0.497 e. The van der Waals surface area contributed by atoms with Crippen molar-refractivity contribution in [1.29, 1.82) is 0 Å². The van der Waals surface area contributed by atoms with Gasteiger partial charge in [-0.2, -0.15) is 0 Å². The van der Waals surface area contributed by atoms with Crippen LogP contribution in [0.2, 0.25) is 0 Å². The molecule has 0 aliphatic carbocycles. The fraction of sp³-hybridized carbons (Fsp3) is 0.0833. The Hall–Kier alpha value is -3.44. The molecule has 0 fully saturated rings. The Bertz CT molecular complexity index is 1110. The molecular weight excluding hydrogens is 380 g/mol. The van der Waals surface area contributed by atoms with E-state index < -0.39 is 0 Å². The largest absolute Gasteiger partial charge is 0.497 e. The smallest absolute Gasteiger partial charge is 0.251 e. The average molecular weight is 401 g/mol. The summed E-state index contributed by atoms with van der Waals surface area (Å²) in [6.07, 6.45) is 0. The quantitative estimate of drug-likeness (QED) is 0.470. The zero-order valence-electron chi connectivity index (χ0n) is 16.0. The van der Waals surface area contributed by atoms with Crippen LogP contribution in [0.4, 0.5) is 0 Å². The SMILES string of the molecule is COc1cccc(C(=O)NCc2ccc(-c3nc(-c4ccccc4)cs3)cc2)c1. The summed E-state index contributed by atoms with van der Waals surface area (Å²) < 4.78 is 5.17. The summed E-state index contributed by atoms with van der Waals surface area (Å²) in [6, 6.07) is 25.4. The molecule has 4 nitrogen and oxygen atoms in total. The maximum Gasteiger partial charge on any atom is 0.251 e. The molecule has 3 aromatic carbocycles. The number of nitrogens with zero attached hydrogens (tertiary/aromatic N) is 1. The fourth-order valence-electron chi connectivity index (χ4n) is 2.96. The van der Waals surface area contributed by atoms with Crippen molar-refractivity contribution < 1.29 is 9.53 Å². The molecule has 29 heavy (non-hydrogen) atoms. The van der Waals surface area contributed by atoms with Crippen molar-refractivity contribution in [2.75, 3.05) is 7.11 Å². The molecule has 0 aliphatic rings. The van der Waals surface area contributed by atoms with Crippen LogP contribution in [0.25, 0.3) is 21.8 Å². The predicted molar refractivity (Wildman–Crippen MR) is 117 cm³/mol. The van der Waals surface area contributed by atoms with Gasteiger partial charge in [0.2, 0.25) is 0 Å². The van der Waals surface area contributed by atoms with Gasteiger partial charge >= 0.3 is 0 Å². The Morgan fingerprint density at radius 3 is 2.52 bits per heavy atom. The van der Waals surface area contributed by atoms with E-state index in [1.54, 1.807) is 36.6 Å². The minimum atomic E-state index is -0.125. The normalized spacial score (nSPS) is 10.5. The Kier molecular flexibility index (Phi) is 5.68. The number of carbonyl (C=O) groups is 1. The van der Waals surface area contributed by atoms with Gasteiger partial charge in [0.25, 0.3) is 5.91 Å². The van der Waals surface area contributed by atoms with Crippen molar-refractivity contribution in [3.05, 3.63) is 95.4 Å². The third-order valence-electron chi connectivity index (χ3n) is 4.56. The molecular formula is C24H20N2O2S. The standard InChI is InChI=1S/C24H20N2O2S/c1-28-21-9-5-8-20(14-21)23(27)25-15-17-10-12-19(13-11-17)24-26-22(16-29-24)18-6-3-2-4-7-18/h2-14,16H,15H2,1H3,(H,25,27). The van der Waals surface area contributed by atoms with Gasteiger partial charge in [0.15, 0.2) is 0 Å². The zero-order valence-corrected chi connectivity index (χ0v) is 16.8. The van der Waals surface area contributed by atoms with Crippen molar-refractivity contribution in [2.45, 2.75) is 6.54 Å². The predicted octanol–water partition coefficient (Wildman–Crippen LogP) is 5.42. The highest BCUT2D eigenvalue weighted by atomic mass is 32.1. The summed E-state index contributed by atoms with van der Waals surface area (Å²) in [4.78, 5) is 17.1.